The first-order valence-electron chi connectivity index (χ1n) is 38.9. The zero-order valence-corrected chi connectivity index (χ0v) is 58.1. The zero-order chi connectivity index (χ0) is 62.0. The third-order valence-corrected chi connectivity index (χ3v) is 18.1. The van der Waals surface area contributed by atoms with Gasteiger partial charge in [-0.1, -0.05) is 371 Å². The summed E-state index contributed by atoms with van der Waals surface area (Å²) in [6.45, 7) is 4.96. The maximum absolute atomic E-state index is 12.6. The number of amides is 1. The first kappa shape index (κ1) is 83.8. The van der Waals surface area contributed by atoms with Crippen molar-refractivity contribution in [1.29, 1.82) is 0 Å². The Kier molecular flexibility index (Phi) is 73.4. The number of carbonyl (C=O) groups excluding carboxylic acids is 2. The van der Waals surface area contributed by atoms with E-state index in [0.717, 1.165) is 57.8 Å². The SMILES string of the molecule is CCCCC/C=C\C/C=C\CCCCCCCCCCCC(=O)OCCCCCCCCCCC/C=C\C/C=C\CCCCCCCCCCCCCC(=O)NC(CO)C(O)CCCCCCCCCCCCCCCCCCCCCCCCC. The van der Waals surface area contributed by atoms with Crippen molar-refractivity contribution in [2.75, 3.05) is 13.2 Å². The molecule has 0 aliphatic heterocycles. The van der Waals surface area contributed by atoms with Crippen LogP contribution in [0.2, 0.25) is 0 Å². The normalized spacial score (nSPS) is 12.7. The number of aliphatic hydroxyl groups is 2. The summed E-state index contributed by atoms with van der Waals surface area (Å²) in [4.78, 5) is 24.7. The molecule has 506 valence electrons. The van der Waals surface area contributed by atoms with Crippen molar-refractivity contribution in [2.24, 2.45) is 0 Å². The van der Waals surface area contributed by atoms with Crippen molar-refractivity contribution in [3.05, 3.63) is 48.6 Å². The molecule has 0 saturated heterocycles. The zero-order valence-electron chi connectivity index (χ0n) is 58.1. The van der Waals surface area contributed by atoms with Gasteiger partial charge < -0.3 is 20.3 Å². The number of unbranched alkanes of at least 4 members (excludes halogenated alkanes) is 54. The molecule has 0 fully saturated rings. The van der Waals surface area contributed by atoms with E-state index in [-0.39, 0.29) is 18.5 Å². The highest BCUT2D eigenvalue weighted by Crippen LogP contribution is 2.19. The fourth-order valence-corrected chi connectivity index (χ4v) is 12.2. The first-order chi connectivity index (χ1) is 42.5. The molecule has 0 aliphatic rings. The second kappa shape index (κ2) is 75.3. The van der Waals surface area contributed by atoms with Crippen molar-refractivity contribution in [3.63, 3.8) is 0 Å². The molecule has 6 nitrogen and oxygen atoms in total. The minimum atomic E-state index is -0.669. The van der Waals surface area contributed by atoms with E-state index >= 15 is 0 Å². The van der Waals surface area contributed by atoms with Gasteiger partial charge >= 0.3 is 5.97 Å². The number of nitrogens with one attached hydrogen (secondary N) is 1. The molecule has 3 N–H and O–H groups in total. The molecular weight excluding hydrogens is 1050 g/mol. The summed E-state index contributed by atoms with van der Waals surface area (Å²) in [5.41, 5.74) is 0. The van der Waals surface area contributed by atoms with Gasteiger partial charge in [-0.25, -0.2) is 0 Å². The van der Waals surface area contributed by atoms with Gasteiger partial charge in [0.2, 0.25) is 5.91 Å². The quantitative estimate of drug-likeness (QED) is 0.0320. The molecule has 0 heterocycles. The minimum absolute atomic E-state index is 0.00749. The molecule has 2 atom stereocenters. The number of rotatable bonds is 73. The number of aliphatic hydroxyl groups excluding tert-OH is 2. The number of carbonyl (C=O) groups is 2. The van der Waals surface area contributed by atoms with E-state index in [4.69, 9.17) is 4.74 Å². The summed E-state index contributed by atoms with van der Waals surface area (Å²) in [5.74, 6) is -0.0262. The Balaban J connectivity index is 3.41. The number of hydrogen-bond donors (Lipinski definition) is 3. The summed E-state index contributed by atoms with van der Waals surface area (Å²) in [7, 11) is 0. The van der Waals surface area contributed by atoms with Gasteiger partial charge in [0.1, 0.15) is 0 Å². The molecule has 6 heteroatoms. The van der Waals surface area contributed by atoms with Crippen LogP contribution in [0.1, 0.15) is 425 Å². The summed E-state index contributed by atoms with van der Waals surface area (Å²) in [5, 5.41) is 23.5. The second-order valence-electron chi connectivity index (χ2n) is 26.7. The topological polar surface area (TPSA) is 95.9 Å². The van der Waals surface area contributed by atoms with Crippen LogP contribution in [0.25, 0.3) is 0 Å². The summed E-state index contributed by atoms with van der Waals surface area (Å²) >= 11 is 0. The Morgan fingerprint density at radius 1 is 0.326 bits per heavy atom. The van der Waals surface area contributed by atoms with Gasteiger partial charge in [0.05, 0.1) is 25.4 Å². The van der Waals surface area contributed by atoms with Crippen LogP contribution >= 0.6 is 0 Å². The lowest BCUT2D eigenvalue weighted by Crippen LogP contribution is -2.45. The number of ether oxygens (including phenoxy) is 1. The molecule has 0 aromatic rings. The molecule has 0 bridgehead atoms. The Morgan fingerprint density at radius 3 is 0.907 bits per heavy atom. The molecule has 0 rings (SSSR count). The van der Waals surface area contributed by atoms with E-state index in [1.807, 2.05) is 0 Å². The maximum atomic E-state index is 12.6. The summed E-state index contributed by atoms with van der Waals surface area (Å²) in [6, 6.07) is -0.546. The van der Waals surface area contributed by atoms with Gasteiger partial charge in [0, 0.05) is 12.8 Å². The Bertz CT molecular complexity index is 1440. The van der Waals surface area contributed by atoms with E-state index in [1.165, 1.54) is 334 Å². The smallest absolute Gasteiger partial charge is 0.305 e. The largest absolute Gasteiger partial charge is 0.466 e. The molecule has 2 unspecified atom stereocenters. The first-order valence-corrected chi connectivity index (χ1v) is 38.9. The molecule has 0 spiro atoms. The molecule has 0 aromatic heterocycles. The average Bonchev–Trinajstić information content (AvgIpc) is 3.53. The van der Waals surface area contributed by atoms with Gasteiger partial charge in [-0.2, -0.15) is 0 Å². The number of esters is 1. The van der Waals surface area contributed by atoms with Crippen LogP contribution in [0.4, 0.5) is 0 Å². The molecular formula is C80H151NO5. The Hall–Kier alpha value is -2.18. The van der Waals surface area contributed by atoms with Gasteiger partial charge in [0.15, 0.2) is 0 Å². The predicted octanol–water partition coefficient (Wildman–Crippen LogP) is 25.6. The van der Waals surface area contributed by atoms with Crippen LogP contribution < -0.4 is 5.32 Å². The fourth-order valence-electron chi connectivity index (χ4n) is 12.2. The summed E-state index contributed by atoms with van der Waals surface area (Å²) < 4.78 is 5.51. The van der Waals surface area contributed by atoms with Crippen molar-refractivity contribution in [3.8, 4) is 0 Å². The van der Waals surface area contributed by atoms with E-state index in [1.54, 1.807) is 0 Å². The predicted molar refractivity (Wildman–Crippen MR) is 379 cm³/mol. The monoisotopic (exact) mass is 1210 g/mol. The standard InChI is InChI=1S/C80H151NO5/c1-3-5-7-9-11-13-15-17-19-21-23-24-30-33-37-40-44-48-52-56-60-64-68-72-78(83)77(76-82)81-79(84)73-69-65-61-57-53-49-45-41-38-34-31-28-26-25-27-29-32-35-39-43-47-51-55-59-63-67-71-75-86-80(85)74-70-66-62-58-54-50-46-42-36-22-20-18-16-14-12-10-8-6-4-2/h12,14,18,20,25-26,29,32,77-78,82-83H,3-11,13,15-17,19,21-24,27-28,30-31,33-76H2,1-2H3,(H,81,84)/b14-12-,20-18-,26-25-,32-29-. The van der Waals surface area contributed by atoms with Crippen molar-refractivity contribution in [2.45, 2.75) is 437 Å². The van der Waals surface area contributed by atoms with Crippen LogP contribution in [-0.4, -0.2) is 47.4 Å². The van der Waals surface area contributed by atoms with Gasteiger partial charge in [0.25, 0.3) is 0 Å². The van der Waals surface area contributed by atoms with E-state index in [9.17, 15) is 19.8 Å². The Morgan fingerprint density at radius 2 is 0.581 bits per heavy atom. The lowest BCUT2D eigenvalue weighted by Gasteiger charge is -2.22. The van der Waals surface area contributed by atoms with Gasteiger partial charge in [-0.3, -0.25) is 9.59 Å². The van der Waals surface area contributed by atoms with Crippen LogP contribution in [-0.2, 0) is 14.3 Å². The van der Waals surface area contributed by atoms with E-state index in [0.29, 0.717) is 25.9 Å². The second-order valence-corrected chi connectivity index (χ2v) is 26.7. The number of hydrogen-bond acceptors (Lipinski definition) is 5. The summed E-state index contributed by atoms with van der Waals surface area (Å²) in [6.07, 6.45) is 99.0. The fraction of sp³-hybridized carbons (Fsp3) is 0.875. The van der Waals surface area contributed by atoms with Crippen molar-refractivity contribution >= 4 is 11.9 Å². The van der Waals surface area contributed by atoms with Crippen LogP contribution in [0.3, 0.4) is 0 Å². The lowest BCUT2D eigenvalue weighted by atomic mass is 10.0. The van der Waals surface area contributed by atoms with Crippen LogP contribution in [0.5, 0.6) is 0 Å². The Labute approximate surface area is 537 Å². The van der Waals surface area contributed by atoms with Gasteiger partial charge in [-0.05, 0) is 89.9 Å². The molecule has 0 aliphatic carbocycles. The van der Waals surface area contributed by atoms with Crippen molar-refractivity contribution in [1.82, 2.24) is 5.32 Å². The van der Waals surface area contributed by atoms with Crippen molar-refractivity contribution < 1.29 is 24.5 Å². The third kappa shape index (κ3) is 70.9. The van der Waals surface area contributed by atoms with Crippen LogP contribution in [0, 0.1) is 0 Å². The van der Waals surface area contributed by atoms with Crippen LogP contribution in [0.15, 0.2) is 48.6 Å². The molecule has 0 aromatic carbocycles. The minimum Gasteiger partial charge on any atom is -0.466 e. The number of allylic oxidation sites excluding steroid dienone is 8. The van der Waals surface area contributed by atoms with Gasteiger partial charge in [-0.15, -0.1) is 0 Å². The highest BCUT2D eigenvalue weighted by Gasteiger charge is 2.20. The van der Waals surface area contributed by atoms with E-state index in [2.05, 4.69) is 67.8 Å². The van der Waals surface area contributed by atoms with E-state index < -0.39 is 12.1 Å². The highest BCUT2D eigenvalue weighted by atomic mass is 16.5. The maximum Gasteiger partial charge on any atom is 0.305 e. The third-order valence-electron chi connectivity index (χ3n) is 18.1. The molecule has 0 radical (unpaired) electrons. The lowest BCUT2D eigenvalue weighted by molar-refractivity contribution is -0.143. The highest BCUT2D eigenvalue weighted by molar-refractivity contribution is 5.76. The molecule has 0 saturated carbocycles. The molecule has 86 heavy (non-hydrogen) atoms. The molecule has 1 amide bonds. The average molecular weight is 1210 g/mol.